The van der Waals surface area contributed by atoms with E-state index >= 15 is 0 Å². The second-order valence-electron chi connectivity index (χ2n) is 7.06. The number of hydrogen-bond acceptors (Lipinski definition) is 3. The Bertz CT molecular complexity index is 723. The third-order valence-corrected chi connectivity index (χ3v) is 4.41. The molecule has 0 saturated carbocycles. The quantitative estimate of drug-likeness (QED) is 0.753. The van der Waals surface area contributed by atoms with Crippen molar-refractivity contribution in [1.82, 2.24) is 5.32 Å². The van der Waals surface area contributed by atoms with Crippen LogP contribution in [-0.2, 0) is 4.79 Å². The molecule has 0 fully saturated rings. The Morgan fingerprint density at radius 3 is 2.23 bits per heavy atom. The number of amides is 1. The lowest BCUT2D eigenvalue weighted by Crippen LogP contribution is -2.33. The Hall–Kier alpha value is -2.49. The number of benzene rings is 2. The van der Waals surface area contributed by atoms with Crippen LogP contribution in [0.5, 0.6) is 11.5 Å². The molecule has 2 aromatic carbocycles. The number of carbonyl (C=O) groups excluding carboxylic acids is 1. The van der Waals surface area contributed by atoms with Gasteiger partial charge >= 0.3 is 0 Å². The van der Waals surface area contributed by atoms with Crippen LogP contribution in [0.3, 0.4) is 0 Å². The van der Waals surface area contributed by atoms with E-state index in [0.29, 0.717) is 11.7 Å². The summed E-state index contributed by atoms with van der Waals surface area (Å²) >= 11 is 0. The van der Waals surface area contributed by atoms with Crippen molar-refractivity contribution in [2.75, 3.05) is 13.7 Å². The molecule has 0 unspecified atom stereocenters. The fourth-order valence-electron chi connectivity index (χ4n) is 2.77. The highest BCUT2D eigenvalue weighted by Gasteiger charge is 2.17. The average Bonchev–Trinajstić information content (AvgIpc) is 2.62. The Morgan fingerprint density at radius 2 is 1.65 bits per heavy atom. The number of hydrogen-bond donors (Lipinski definition) is 1. The molecular weight excluding hydrogens is 326 g/mol. The smallest absolute Gasteiger partial charge is 0.258 e. The van der Waals surface area contributed by atoms with E-state index in [1.807, 2.05) is 49.4 Å². The molecule has 140 valence electrons. The van der Waals surface area contributed by atoms with Crippen LogP contribution in [0.15, 0.2) is 42.5 Å². The van der Waals surface area contributed by atoms with Gasteiger partial charge in [0.15, 0.2) is 6.61 Å². The third-order valence-electron chi connectivity index (χ3n) is 4.41. The first-order chi connectivity index (χ1) is 12.4. The van der Waals surface area contributed by atoms with E-state index < -0.39 is 0 Å². The highest BCUT2D eigenvalue weighted by molar-refractivity contribution is 5.78. The minimum Gasteiger partial charge on any atom is -0.497 e. The zero-order valence-electron chi connectivity index (χ0n) is 16.3. The molecule has 2 rings (SSSR count). The van der Waals surface area contributed by atoms with E-state index in [1.54, 1.807) is 7.11 Å². The van der Waals surface area contributed by atoms with Gasteiger partial charge in [0, 0.05) is 0 Å². The van der Waals surface area contributed by atoms with Crippen LogP contribution in [0.1, 0.15) is 43.0 Å². The maximum atomic E-state index is 12.4. The van der Waals surface area contributed by atoms with Crippen molar-refractivity contribution in [1.29, 1.82) is 0 Å². The predicted molar refractivity (Wildman–Crippen MR) is 105 cm³/mol. The summed E-state index contributed by atoms with van der Waals surface area (Å²) in [7, 11) is 1.65. The van der Waals surface area contributed by atoms with E-state index in [4.69, 9.17) is 9.47 Å². The SMILES string of the molecule is COc1ccc([C@@H](CC(C)C)NC(=O)COc2ccc(C)c(C)c2)cc1. The molecule has 4 nitrogen and oxygen atoms in total. The zero-order chi connectivity index (χ0) is 19.1. The first-order valence-corrected chi connectivity index (χ1v) is 9.02. The largest absolute Gasteiger partial charge is 0.497 e. The van der Waals surface area contributed by atoms with Gasteiger partial charge in [-0.25, -0.2) is 0 Å². The molecule has 0 spiro atoms. The van der Waals surface area contributed by atoms with Crippen molar-refractivity contribution < 1.29 is 14.3 Å². The third kappa shape index (κ3) is 5.80. The zero-order valence-corrected chi connectivity index (χ0v) is 16.3. The first kappa shape index (κ1) is 19.8. The normalized spacial score (nSPS) is 11.9. The summed E-state index contributed by atoms with van der Waals surface area (Å²) in [4.78, 5) is 12.4. The van der Waals surface area contributed by atoms with Crippen LogP contribution in [0.2, 0.25) is 0 Å². The first-order valence-electron chi connectivity index (χ1n) is 9.02. The fourth-order valence-corrected chi connectivity index (χ4v) is 2.77. The molecule has 4 heteroatoms. The molecule has 0 aromatic heterocycles. The second kappa shape index (κ2) is 9.27. The molecule has 0 aliphatic rings. The van der Waals surface area contributed by atoms with Crippen molar-refractivity contribution in [3.8, 4) is 11.5 Å². The van der Waals surface area contributed by atoms with Crippen molar-refractivity contribution in [3.63, 3.8) is 0 Å². The lowest BCUT2D eigenvalue weighted by Gasteiger charge is -2.21. The van der Waals surface area contributed by atoms with Gasteiger partial charge < -0.3 is 14.8 Å². The Labute approximate surface area is 156 Å². The standard InChI is InChI=1S/C22H29NO3/c1-15(2)12-21(18-7-10-19(25-5)11-8-18)23-22(24)14-26-20-9-6-16(3)17(4)13-20/h6-11,13,15,21H,12,14H2,1-5H3,(H,23,24)/t21-/m1/s1. The summed E-state index contributed by atoms with van der Waals surface area (Å²) in [5.74, 6) is 1.86. The maximum absolute atomic E-state index is 12.4. The van der Waals surface area contributed by atoms with Crippen LogP contribution in [0, 0.1) is 19.8 Å². The van der Waals surface area contributed by atoms with E-state index in [0.717, 1.165) is 23.3 Å². The minimum absolute atomic E-state index is 0.00719. The van der Waals surface area contributed by atoms with Gasteiger partial charge in [0.2, 0.25) is 0 Å². The molecule has 0 heterocycles. The number of aryl methyl sites for hydroxylation is 2. The summed E-state index contributed by atoms with van der Waals surface area (Å²) in [5.41, 5.74) is 3.43. The van der Waals surface area contributed by atoms with Gasteiger partial charge in [-0.3, -0.25) is 4.79 Å². The van der Waals surface area contributed by atoms with Crippen molar-refractivity contribution in [2.24, 2.45) is 5.92 Å². The molecule has 1 amide bonds. The fraction of sp³-hybridized carbons (Fsp3) is 0.409. The molecule has 2 aromatic rings. The van der Waals surface area contributed by atoms with E-state index in [1.165, 1.54) is 5.56 Å². The Kier molecular flexibility index (Phi) is 7.07. The summed E-state index contributed by atoms with van der Waals surface area (Å²) in [6.07, 6.45) is 0.863. The molecule has 0 radical (unpaired) electrons. The van der Waals surface area contributed by atoms with Gasteiger partial charge in [0.05, 0.1) is 13.2 Å². The van der Waals surface area contributed by atoms with Crippen LogP contribution >= 0.6 is 0 Å². The molecular formula is C22H29NO3. The van der Waals surface area contributed by atoms with Gasteiger partial charge in [-0.1, -0.05) is 32.0 Å². The van der Waals surface area contributed by atoms with Crippen molar-refractivity contribution in [3.05, 3.63) is 59.2 Å². The van der Waals surface area contributed by atoms with Gasteiger partial charge in [-0.15, -0.1) is 0 Å². The lowest BCUT2D eigenvalue weighted by atomic mass is 9.97. The Morgan fingerprint density at radius 1 is 1.00 bits per heavy atom. The molecule has 0 aliphatic carbocycles. The molecule has 0 bridgehead atoms. The molecule has 0 saturated heterocycles. The van der Waals surface area contributed by atoms with Crippen LogP contribution in [-0.4, -0.2) is 19.6 Å². The van der Waals surface area contributed by atoms with E-state index in [2.05, 4.69) is 26.1 Å². The van der Waals surface area contributed by atoms with Gasteiger partial charge in [-0.2, -0.15) is 0 Å². The van der Waals surface area contributed by atoms with Gasteiger partial charge in [0.1, 0.15) is 11.5 Å². The summed E-state index contributed by atoms with van der Waals surface area (Å²) in [5, 5.41) is 3.09. The number of ether oxygens (including phenoxy) is 2. The number of methoxy groups -OCH3 is 1. The molecule has 0 aliphatic heterocycles. The van der Waals surface area contributed by atoms with Crippen LogP contribution < -0.4 is 14.8 Å². The van der Waals surface area contributed by atoms with Gasteiger partial charge in [-0.05, 0) is 67.1 Å². The molecule has 1 atom stereocenters. The number of nitrogens with one attached hydrogen (secondary N) is 1. The predicted octanol–water partition coefficient (Wildman–Crippen LogP) is 4.59. The van der Waals surface area contributed by atoms with Crippen molar-refractivity contribution >= 4 is 5.91 Å². The Balaban J connectivity index is 1.99. The molecule has 26 heavy (non-hydrogen) atoms. The van der Waals surface area contributed by atoms with E-state index in [-0.39, 0.29) is 18.6 Å². The van der Waals surface area contributed by atoms with Crippen LogP contribution in [0.25, 0.3) is 0 Å². The second-order valence-corrected chi connectivity index (χ2v) is 7.06. The average molecular weight is 355 g/mol. The number of carbonyl (C=O) groups is 1. The highest BCUT2D eigenvalue weighted by Crippen LogP contribution is 2.23. The summed E-state index contributed by atoms with van der Waals surface area (Å²) in [6.45, 7) is 8.39. The summed E-state index contributed by atoms with van der Waals surface area (Å²) < 4.78 is 10.9. The number of rotatable bonds is 8. The maximum Gasteiger partial charge on any atom is 0.258 e. The monoisotopic (exact) mass is 355 g/mol. The summed E-state index contributed by atoms with van der Waals surface area (Å²) in [6, 6.07) is 13.6. The minimum atomic E-state index is -0.121. The van der Waals surface area contributed by atoms with Crippen LogP contribution in [0.4, 0.5) is 0 Å². The van der Waals surface area contributed by atoms with Crippen molar-refractivity contribution in [2.45, 2.75) is 40.2 Å². The molecule has 1 N–H and O–H groups in total. The lowest BCUT2D eigenvalue weighted by molar-refractivity contribution is -0.124. The van der Waals surface area contributed by atoms with E-state index in [9.17, 15) is 4.79 Å². The van der Waals surface area contributed by atoms with Gasteiger partial charge in [0.25, 0.3) is 5.91 Å². The topological polar surface area (TPSA) is 47.6 Å². The highest BCUT2D eigenvalue weighted by atomic mass is 16.5.